The number of hydrogen-bond donors (Lipinski definition) is 0. The van der Waals surface area contributed by atoms with Crippen molar-refractivity contribution in [2.45, 2.75) is 13.8 Å². The van der Waals surface area contributed by atoms with Crippen molar-refractivity contribution in [3.8, 4) is 0 Å². The van der Waals surface area contributed by atoms with Crippen LogP contribution in [-0.2, 0) is 4.79 Å². The SMILES string of the molecule is [CH]=[N+](CC)C(C)=O. The maximum absolute atomic E-state index is 10.2. The zero-order chi connectivity index (χ0) is 5.86. The van der Waals surface area contributed by atoms with Gasteiger partial charge in [0.2, 0.25) is 6.72 Å². The Morgan fingerprint density at radius 2 is 2.29 bits per heavy atom. The zero-order valence-corrected chi connectivity index (χ0v) is 4.64. The van der Waals surface area contributed by atoms with E-state index in [0.717, 1.165) is 4.58 Å². The molecule has 0 fully saturated rings. The van der Waals surface area contributed by atoms with Gasteiger partial charge in [-0.2, -0.15) is 4.58 Å². The van der Waals surface area contributed by atoms with Crippen LogP contribution in [0.25, 0.3) is 0 Å². The fraction of sp³-hybridized carbons (Fsp3) is 0.600. The molecule has 0 aliphatic carbocycles. The third kappa shape index (κ3) is 2.09. The number of nitrogens with zero attached hydrogens (tertiary/aromatic N) is 1. The van der Waals surface area contributed by atoms with E-state index in [9.17, 15) is 4.79 Å². The average Bonchev–Trinajstić information content (AvgIpc) is 1.65. The number of carbonyl (C=O) groups excluding carboxylic acids is 1. The van der Waals surface area contributed by atoms with E-state index in [1.165, 1.54) is 6.92 Å². The number of amides is 1. The quantitative estimate of drug-likeness (QED) is 0.338. The summed E-state index contributed by atoms with van der Waals surface area (Å²) >= 11 is 0. The van der Waals surface area contributed by atoms with E-state index < -0.39 is 0 Å². The molecule has 0 bridgehead atoms. The molecule has 39 valence electrons. The zero-order valence-electron chi connectivity index (χ0n) is 4.64. The van der Waals surface area contributed by atoms with Gasteiger partial charge >= 0.3 is 5.91 Å². The van der Waals surface area contributed by atoms with Crippen molar-refractivity contribution < 1.29 is 9.37 Å². The highest BCUT2D eigenvalue weighted by atomic mass is 16.1. The molecule has 0 atom stereocenters. The molecule has 7 heavy (non-hydrogen) atoms. The summed E-state index contributed by atoms with van der Waals surface area (Å²) in [5.74, 6) is -0.0949. The predicted octanol–water partition coefficient (Wildman–Crippen LogP) is 0.143. The van der Waals surface area contributed by atoms with Gasteiger partial charge in [0.15, 0.2) is 0 Å². The molecule has 0 rings (SSSR count). The Labute approximate surface area is 43.5 Å². The summed E-state index contributed by atoms with van der Waals surface area (Å²) in [5.41, 5.74) is 0. The van der Waals surface area contributed by atoms with E-state index >= 15 is 0 Å². The van der Waals surface area contributed by atoms with Crippen LogP contribution in [0.5, 0.6) is 0 Å². The van der Waals surface area contributed by atoms with E-state index in [0.29, 0.717) is 6.54 Å². The van der Waals surface area contributed by atoms with Gasteiger partial charge in [0.25, 0.3) is 0 Å². The van der Waals surface area contributed by atoms with Crippen molar-refractivity contribution in [2.75, 3.05) is 6.54 Å². The van der Waals surface area contributed by atoms with Crippen molar-refractivity contribution in [2.24, 2.45) is 0 Å². The molecule has 0 aliphatic heterocycles. The van der Waals surface area contributed by atoms with Crippen LogP contribution in [0.15, 0.2) is 0 Å². The molecule has 0 aromatic rings. The minimum absolute atomic E-state index is 0.0949. The van der Waals surface area contributed by atoms with Gasteiger partial charge in [-0.15, -0.1) is 0 Å². The topological polar surface area (TPSA) is 20.1 Å². The lowest BCUT2D eigenvalue weighted by Crippen LogP contribution is -2.13. The molecule has 2 nitrogen and oxygen atoms in total. The third-order valence-electron chi connectivity index (χ3n) is 0.745. The largest absolute Gasteiger partial charge is 0.383 e. The normalized spacial score (nSPS) is 8.29. The van der Waals surface area contributed by atoms with Crippen LogP contribution >= 0.6 is 0 Å². The lowest BCUT2D eigenvalue weighted by Gasteiger charge is -1.83. The Bertz CT molecular complexity index is 96.3. The Morgan fingerprint density at radius 3 is 2.29 bits per heavy atom. The molecule has 0 spiro atoms. The molecule has 0 aromatic carbocycles. The van der Waals surface area contributed by atoms with E-state index in [-0.39, 0.29) is 5.91 Å². The summed E-state index contributed by atoms with van der Waals surface area (Å²) in [6.07, 6.45) is 0. The number of carbonyl (C=O) groups is 1. The summed E-state index contributed by atoms with van der Waals surface area (Å²) in [4.78, 5) is 10.2. The summed E-state index contributed by atoms with van der Waals surface area (Å²) in [5, 5.41) is 0. The molecule has 0 saturated carbocycles. The third-order valence-corrected chi connectivity index (χ3v) is 0.745. The second-order valence-electron chi connectivity index (χ2n) is 1.31. The van der Waals surface area contributed by atoms with Crippen molar-refractivity contribution in [3.63, 3.8) is 0 Å². The maximum Gasteiger partial charge on any atom is 0.383 e. The molecule has 0 saturated heterocycles. The van der Waals surface area contributed by atoms with Crippen LogP contribution in [-0.4, -0.2) is 23.7 Å². The lowest BCUT2D eigenvalue weighted by molar-refractivity contribution is -0.435. The average molecular weight is 99.1 g/mol. The van der Waals surface area contributed by atoms with Gasteiger partial charge in [0.1, 0.15) is 6.54 Å². The highest BCUT2D eigenvalue weighted by Crippen LogP contribution is 1.69. The highest BCUT2D eigenvalue weighted by molar-refractivity contribution is 5.65. The molecule has 0 aliphatic rings. The molecular weight excluding hydrogens is 90.1 g/mol. The van der Waals surface area contributed by atoms with Gasteiger partial charge in [0, 0.05) is 0 Å². The second kappa shape index (κ2) is 2.50. The van der Waals surface area contributed by atoms with Gasteiger partial charge in [-0.05, 0) is 6.92 Å². The van der Waals surface area contributed by atoms with Crippen LogP contribution < -0.4 is 0 Å². The molecule has 2 heteroatoms. The van der Waals surface area contributed by atoms with Crippen molar-refractivity contribution in [1.82, 2.24) is 0 Å². The summed E-state index contributed by atoms with van der Waals surface area (Å²) in [7, 11) is 0. The van der Waals surface area contributed by atoms with Gasteiger partial charge in [0.05, 0.1) is 6.92 Å². The van der Waals surface area contributed by atoms with E-state index in [2.05, 4.69) is 0 Å². The Balaban J connectivity index is 3.58. The van der Waals surface area contributed by atoms with Crippen LogP contribution in [0.2, 0.25) is 0 Å². The fourth-order valence-electron chi connectivity index (χ4n) is 0.223. The standard InChI is InChI=1S/C5H9NO/c1-4-6(3)5(2)7/h3H,4H2,1-2H3/q+1. The first-order valence-electron chi connectivity index (χ1n) is 2.21. The first-order chi connectivity index (χ1) is 3.18. The fourth-order valence-corrected chi connectivity index (χ4v) is 0.223. The van der Waals surface area contributed by atoms with E-state index in [1.54, 1.807) is 0 Å². The number of rotatable bonds is 1. The molecule has 0 heterocycles. The molecule has 1 amide bonds. The molecular formula is C5H9NO+. The van der Waals surface area contributed by atoms with E-state index in [4.69, 9.17) is 6.72 Å². The smallest absolute Gasteiger partial charge is 0.220 e. The molecule has 0 unspecified atom stereocenters. The van der Waals surface area contributed by atoms with Crippen LogP contribution in [0.3, 0.4) is 0 Å². The van der Waals surface area contributed by atoms with Gasteiger partial charge < -0.3 is 0 Å². The van der Waals surface area contributed by atoms with Crippen molar-refractivity contribution in [1.29, 1.82) is 0 Å². The van der Waals surface area contributed by atoms with Gasteiger partial charge in [-0.1, -0.05) is 0 Å². The predicted molar refractivity (Wildman–Crippen MR) is 27.5 cm³/mol. The first-order valence-corrected chi connectivity index (χ1v) is 2.21. The number of hydrogen-bond acceptors (Lipinski definition) is 1. The minimum atomic E-state index is -0.0949. The van der Waals surface area contributed by atoms with Crippen LogP contribution in [0.4, 0.5) is 0 Å². The summed E-state index contributed by atoms with van der Waals surface area (Å²) < 4.78 is 1.15. The highest BCUT2D eigenvalue weighted by Gasteiger charge is 2.00. The Hall–Kier alpha value is -0.660. The minimum Gasteiger partial charge on any atom is -0.220 e. The summed E-state index contributed by atoms with van der Waals surface area (Å²) in [6, 6.07) is 0. The van der Waals surface area contributed by atoms with Crippen LogP contribution in [0, 0.1) is 0 Å². The molecule has 1 radical (unpaired) electrons. The maximum atomic E-state index is 10.2. The monoisotopic (exact) mass is 99.1 g/mol. The Kier molecular flexibility index (Phi) is 2.27. The summed E-state index contributed by atoms with van der Waals surface area (Å²) in [6.45, 7) is 8.93. The lowest BCUT2D eigenvalue weighted by atomic mass is 10.6. The van der Waals surface area contributed by atoms with Crippen LogP contribution in [0.1, 0.15) is 13.8 Å². The Morgan fingerprint density at radius 1 is 1.86 bits per heavy atom. The second-order valence-corrected chi connectivity index (χ2v) is 1.31. The molecule has 0 N–H and O–H groups in total. The van der Waals surface area contributed by atoms with Crippen molar-refractivity contribution in [3.05, 3.63) is 0 Å². The van der Waals surface area contributed by atoms with Gasteiger partial charge in [-0.25, -0.2) is 4.79 Å². The van der Waals surface area contributed by atoms with Gasteiger partial charge in [-0.3, -0.25) is 0 Å². The van der Waals surface area contributed by atoms with E-state index in [1.807, 2.05) is 6.92 Å². The first kappa shape index (κ1) is 6.34. The molecule has 0 aromatic heterocycles. The van der Waals surface area contributed by atoms with Crippen molar-refractivity contribution >= 4 is 12.6 Å².